The van der Waals surface area contributed by atoms with E-state index in [9.17, 15) is 14.4 Å². The van der Waals surface area contributed by atoms with E-state index >= 15 is 0 Å². The SMILES string of the molecule is Cc1ccc(C)c(NC(=O)COc2c(Br)cc(Br)cc2/C=C2/C(=O)NC(=S)N(c3ccccc3)C2=O)c1. The number of hydrogen-bond donors (Lipinski definition) is 2. The van der Waals surface area contributed by atoms with Gasteiger partial charge in [0.05, 0.1) is 10.2 Å². The maximum atomic E-state index is 13.3. The molecule has 3 aromatic rings. The van der Waals surface area contributed by atoms with Crippen molar-refractivity contribution in [3.8, 4) is 5.75 Å². The maximum Gasteiger partial charge on any atom is 0.270 e. The van der Waals surface area contributed by atoms with Crippen LogP contribution in [0.1, 0.15) is 16.7 Å². The number of carbonyl (C=O) groups is 3. The summed E-state index contributed by atoms with van der Waals surface area (Å²) in [6.07, 6.45) is 1.42. The highest BCUT2D eigenvalue weighted by Gasteiger charge is 2.34. The summed E-state index contributed by atoms with van der Waals surface area (Å²) >= 11 is 12.1. The van der Waals surface area contributed by atoms with Crippen LogP contribution < -0.4 is 20.3 Å². The lowest BCUT2D eigenvalue weighted by Gasteiger charge is -2.29. The number of ether oxygens (including phenoxy) is 1. The fraction of sp³-hybridized carbons (Fsp3) is 0.111. The van der Waals surface area contributed by atoms with E-state index in [1.54, 1.807) is 36.4 Å². The Morgan fingerprint density at radius 1 is 1.08 bits per heavy atom. The second kappa shape index (κ2) is 11.4. The van der Waals surface area contributed by atoms with Crippen LogP contribution in [0, 0.1) is 13.8 Å². The first-order chi connectivity index (χ1) is 17.6. The molecule has 0 spiro atoms. The molecule has 1 fully saturated rings. The molecule has 3 amide bonds. The predicted molar refractivity (Wildman–Crippen MR) is 155 cm³/mol. The third kappa shape index (κ3) is 6.15. The minimum atomic E-state index is -0.628. The normalized spacial score (nSPS) is 14.5. The van der Waals surface area contributed by atoms with Crippen molar-refractivity contribution < 1.29 is 19.1 Å². The third-order valence-corrected chi connectivity index (χ3v) is 6.80. The molecule has 3 aromatic carbocycles. The van der Waals surface area contributed by atoms with Crippen LogP contribution in [0.15, 0.2) is 75.2 Å². The zero-order valence-electron chi connectivity index (χ0n) is 19.8. The molecule has 1 heterocycles. The Labute approximate surface area is 236 Å². The highest BCUT2D eigenvalue weighted by atomic mass is 79.9. The molecule has 1 aliphatic rings. The van der Waals surface area contributed by atoms with Gasteiger partial charge in [-0.05, 0) is 89.5 Å². The summed E-state index contributed by atoms with van der Waals surface area (Å²) in [6, 6.07) is 18.0. The van der Waals surface area contributed by atoms with Gasteiger partial charge in [0.15, 0.2) is 11.7 Å². The van der Waals surface area contributed by atoms with Crippen LogP contribution in [-0.4, -0.2) is 29.4 Å². The van der Waals surface area contributed by atoms with Crippen molar-refractivity contribution >= 4 is 84.4 Å². The minimum Gasteiger partial charge on any atom is -0.482 e. The number of amides is 3. The number of rotatable bonds is 6. The van der Waals surface area contributed by atoms with Gasteiger partial charge < -0.3 is 10.1 Å². The van der Waals surface area contributed by atoms with Crippen molar-refractivity contribution in [2.75, 3.05) is 16.8 Å². The lowest BCUT2D eigenvalue weighted by atomic mass is 10.1. The first kappa shape index (κ1) is 26.7. The van der Waals surface area contributed by atoms with Gasteiger partial charge in [0, 0.05) is 15.7 Å². The topological polar surface area (TPSA) is 87.7 Å². The molecule has 0 radical (unpaired) electrons. The molecule has 0 bridgehead atoms. The molecule has 0 atom stereocenters. The number of anilines is 2. The van der Waals surface area contributed by atoms with E-state index in [0.29, 0.717) is 31.6 Å². The number of nitrogens with zero attached hydrogens (tertiary/aromatic N) is 1. The van der Waals surface area contributed by atoms with Gasteiger partial charge in [0.25, 0.3) is 17.7 Å². The average Bonchev–Trinajstić information content (AvgIpc) is 2.84. The number of carbonyl (C=O) groups excluding carboxylic acids is 3. The first-order valence-corrected chi connectivity index (χ1v) is 13.1. The van der Waals surface area contributed by atoms with Crippen LogP contribution in [0.4, 0.5) is 11.4 Å². The van der Waals surface area contributed by atoms with E-state index in [0.717, 1.165) is 11.1 Å². The van der Waals surface area contributed by atoms with Crippen molar-refractivity contribution in [2.24, 2.45) is 0 Å². The van der Waals surface area contributed by atoms with Gasteiger partial charge in [0.2, 0.25) is 0 Å². The second-order valence-corrected chi connectivity index (χ2v) is 10.4. The summed E-state index contributed by atoms with van der Waals surface area (Å²) in [5.74, 6) is -1.26. The van der Waals surface area contributed by atoms with E-state index in [-0.39, 0.29) is 23.2 Å². The molecule has 1 saturated heterocycles. The van der Waals surface area contributed by atoms with E-state index in [1.165, 1.54) is 11.0 Å². The summed E-state index contributed by atoms with van der Waals surface area (Å²) < 4.78 is 7.08. The van der Waals surface area contributed by atoms with Gasteiger partial charge in [-0.3, -0.25) is 24.6 Å². The van der Waals surface area contributed by atoms with E-state index in [4.69, 9.17) is 17.0 Å². The van der Waals surface area contributed by atoms with Crippen LogP contribution in [0.25, 0.3) is 6.08 Å². The fourth-order valence-corrected chi connectivity index (χ4v) is 5.31. The van der Waals surface area contributed by atoms with Gasteiger partial charge in [-0.2, -0.15) is 0 Å². The van der Waals surface area contributed by atoms with E-state index < -0.39 is 11.8 Å². The molecule has 0 aromatic heterocycles. The second-order valence-electron chi connectivity index (χ2n) is 8.25. The average molecular weight is 643 g/mol. The van der Waals surface area contributed by atoms with Crippen molar-refractivity contribution in [1.82, 2.24) is 5.32 Å². The van der Waals surface area contributed by atoms with Crippen molar-refractivity contribution in [3.63, 3.8) is 0 Å². The highest BCUT2D eigenvalue weighted by molar-refractivity contribution is 9.11. The molecule has 7 nitrogen and oxygen atoms in total. The zero-order chi connectivity index (χ0) is 26.7. The molecule has 2 N–H and O–H groups in total. The monoisotopic (exact) mass is 641 g/mol. The number of hydrogen-bond acceptors (Lipinski definition) is 5. The largest absolute Gasteiger partial charge is 0.482 e. The quantitative estimate of drug-likeness (QED) is 0.205. The Kier molecular flexibility index (Phi) is 8.21. The fourth-order valence-electron chi connectivity index (χ4n) is 3.66. The molecule has 0 unspecified atom stereocenters. The predicted octanol–water partition coefficient (Wildman–Crippen LogP) is 5.68. The smallest absolute Gasteiger partial charge is 0.270 e. The maximum absolute atomic E-state index is 13.3. The third-order valence-electron chi connectivity index (χ3n) is 5.47. The van der Waals surface area contributed by atoms with Gasteiger partial charge in [-0.1, -0.05) is 46.3 Å². The molecular formula is C27H21Br2N3O4S. The minimum absolute atomic E-state index is 0.00615. The van der Waals surface area contributed by atoms with Crippen LogP contribution in [0.5, 0.6) is 5.75 Å². The lowest BCUT2D eigenvalue weighted by molar-refractivity contribution is -0.122. The van der Waals surface area contributed by atoms with Crippen molar-refractivity contribution in [3.05, 3.63) is 91.9 Å². The lowest BCUT2D eigenvalue weighted by Crippen LogP contribution is -2.54. The molecule has 0 aliphatic carbocycles. The number of thiocarbonyl (C=S) groups is 1. The van der Waals surface area contributed by atoms with Gasteiger partial charge in [-0.15, -0.1) is 0 Å². The van der Waals surface area contributed by atoms with E-state index in [1.807, 2.05) is 38.1 Å². The summed E-state index contributed by atoms with van der Waals surface area (Å²) in [5.41, 5.74) is 3.46. The van der Waals surface area contributed by atoms with Gasteiger partial charge in [0.1, 0.15) is 11.3 Å². The standard InChI is InChI=1S/C27H21Br2N3O4S/c1-15-8-9-16(2)22(10-15)30-23(33)14-36-24-17(11-18(28)13-21(24)29)12-20-25(34)31-27(37)32(26(20)35)19-6-4-3-5-7-19/h3-13H,14H2,1-2H3,(H,30,33)(H,31,34,37)/b20-12-. The summed E-state index contributed by atoms with van der Waals surface area (Å²) in [4.78, 5) is 40.0. The Balaban J connectivity index is 1.62. The van der Waals surface area contributed by atoms with Gasteiger partial charge >= 0.3 is 0 Å². The van der Waals surface area contributed by atoms with Crippen molar-refractivity contribution in [1.29, 1.82) is 0 Å². The molecule has 188 valence electrons. The van der Waals surface area contributed by atoms with Crippen LogP contribution in [0.3, 0.4) is 0 Å². The highest BCUT2D eigenvalue weighted by Crippen LogP contribution is 2.35. The molecule has 10 heteroatoms. The zero-order valence-corrected chi connectivity index (χ0v) is 23.8. The molecular weight excluding hydrogens is 622 g/mol. The van der Waals surface area contributed by atoms with Crippen molar-refractivity contribution in [2.45, 2.75) is 13.8 Å². The number of benzene rings is 3. The Bertz CT molecular complexity index is 1460. The van der Waals surface area contributed by atoms with Crippen LogP contribution in [-0.2, 0) is 14.4 Å². The summed E-state index contributed by atoms with van der Waals surface area (Å²) in [5, 5.41) is 5.41. The Hall–Kier alpha value is -3.34. The number of halogens is 2. The molecule has 1 aliphatic heterocycles. The first-order valence-electron chi connectivity index (χ1n) is 11.1. The molecule has 37 heavy (non-hydrogen) atoms. The van der Waals surface area contributed by atoms with E-state index in [2.05, 4.69) is 42.5 Å². The summed E-state index contributed by atoms with van der Waals surface area (Å²) in [6.45, 7) is 3.56. The summed E-state index contributed by atoms with van der Waals surface area (Å²) in [7, 11) is 0. The number of aryl methyl sites for hydroxylation is 2. The van der Waals surface area contributed by atoms with Crippen LogP contribution >= 0.6 is 44.1 Å². The Morgan fingerprint density at radius 2 is 1.81 bits per heavy atom. The number of nitrogens with one attached hydrogen (secondary N) is 2. The van der Waals surface area contributed by atoms with Crippen LogP contribution in [0.2, 0.25) is 0 Å². The molecule has 0 saturated carbocycles. The Morgan fingerprint density at radius 3 is 2.54 bits per heavy atom. The molecule has 4 rings (SSSR count). The number of para-hydroxylation sites is 1. The van der Waals surface area contributed by atoms with Gasteiger partial charge in [-0.25, -0.2) is 0 Å².